The van der Waals surface area contributed by atoms with Crippen LogP contribution in [0.25, 0.3) is 11.0 Å². The first-order valence-electron chi connectivity index (χ1n) is 9.03. The number of nitrogens with zero attached hydrogens (tertiary/aromatic N) is 5. The molecule has 0 aromatic carbocycles. The lowest BCUT2D eigenvalue weighted by Crippen LogP contribution is -2.46. The molecule has 1 spiro atoms. The number of H-pyrrole nitrogens is 2. The van der Waals surface area contributed by atoms with Crippen molar-refractivity contribution in [3.8, 4) is 0 Å². The molecule has 8 nitrogen and oxygen atoms in total. The molecule has 3 aromatic rings. The molecule has 4 heterocycles. The molecule has 0 atom stereocenters. The number of fused-ring (bicyclic) bond motifs is 1. The molecular formula is C18H21N7O. The van der Waals surface area contributed by atoms with Crippen molar-refractivity contribution >= 4 is 22.8 Å². The number of aromatic nitrogens is 5. The molecule has 2 fully saturated rings. The van der Waals surface area contributed by atoms with Gasteiger partial charge in [-0.3, -0.25) is 9.89 Å². The molecule has 0 bridgehead atoms. The number of aromatic amines is 2. The molecule has 1 aliphatic carbocycles. The van der Waals surface area contributed by atoms with Crippen molar-refractivity contribution in [2.24, 2.45) is 0 Å². The highest BCUT2D eigenvalue weighted by atomic mass is 16.2. The summed E-state index contributed by atoms with van der Waals surface area (Å²) in [6.45, 7) is 4.36. The van der Waals surface area contributed by atoms with Crippen molar-refractivity contribution < 1.29 is 4.79 Å². The first kappa shape index (κ1) is 15.4. The average molecular weight is 351 g/mol. The topological polar surface area (TPSA) is 93.8 Å². The zero-order valence-corrected chi connectivity index (χ0v) is 14.7. The fourth-order valence-electron chi connectivity index (χ4n) is 4.07. The van der Waals surface area contributed by atoms with Gasteiger partial charge in [-0.2, -0.15) is 5.10 Å². The molecule has 1 saturated heterocycles. The van der Waals surface area contributed by atoms with Gasteiger partial charge in [0.1, 0.15) is 17.8 Å². The highest BCUT2D eigenvalue weighted by Crippen LogP contribution is 2.45. The summed E-state index contributed by atoms with van der Waals surface area (Å²) in [5.41, 5.74) is 2.27. The van der Waals surface area contributed by atoms with E-state index >= 15 is 0 Å². The van der Waals surface area contributed by atoms with Crippen LogP contribution in [0.15, 0.2) is 24.8 Å². The van der Waals surface area contributed by atoms with E-state index in [0.29, 0.717) is 5.56 Å². The van der Waals surface area contributed by atoms with E-state index in [1.807, 2.05) is 19.2 Å². The van der Waals surface area contributed by atoms with E-state index in [9.17, 15) is 4.79 Å². The molecular weight excluding hydrogens is 330 g/mol. The highest BCUT2D eigenvalue weighted by Gasteiger charge is 2.52. The maximum atomic E-state index is 13.1. The van der Waals surface area contributed by atoms with Gasteiger partial charge in [-0.05, 0) is 32.3 Å². The molecule has 2 aliphatic rings. The van der Waals surface area contributed by atoms with Crippen LogP contribution in [0, 0.1) is 6.92 Å². The summed E-state index contributed by atoms with van der Waals surface area (Å²) < 4.78 is 0. The second kappa shape index (κ2) is 5.55. The molecule has 0 unspecified atom stereocenters. The van der Waals surface area contributed by atoms with Crippen LogP contribution in [0.5, 0.6) is 0 Å². The second-order valence-electron chi connectivity index (χ2n) is 7.30. The maximum Gasteiger partial charge on any atom is 0.257 e. The summed E-state index contributed by atoms with van der Waals surface area (Å²) >= 11 is 0. The Kier molecular flexibility index (Phi) is 3.28. The largest absolute Gasteiger partial charge is 0.354 e. The number of anilines is 1. The predicted octanol–water partition coefficient (Wildman–Crippen LogP) is 1.87. The normalized spacial score (nSPS) is 19.1. The van der Waals surface area contributed by atoms with Gasteiger partial charge in [-0.1, -0.05) is 0 Å². The summed E-state index contributed by atoms with van der Waals surface area (Å²) in [6.07, 6.45) is 8.13. The molecule has 0 radical (unpaired) electrons. The van der Waals surface area contributed by atoms with E-state index in [-0.39, 0.29) is 11.4 Å². The van der Waals surface area contributed by atoms with E-state index < -0.39 is 0 Å². The van der Waals surface area contributed by atoms with E-state index in [2.05, 4.69) is 34.9 Å². The Balaban J connectivity index is 1.47. The van der Waals surface area contributed by atoms with Crippen LogP contribution in [0.2, 0.25) is 0 Å². The fourth-order valence-corrected chi connectivity index (χ4v) is 4.07. The lowest BCUT2D eigenvalue weighted by Gasteiger charge is -2.32. The highest BCUT2D eigenvalue weighted by molar-refractivity contribution is 5.96. The van der Waals surface area contributed by atoms with Gasteiger partial charge in [0.05, 0.1) is 22.7 Å². The maximum absolute atomic E-state index is 13.1. The number of nitrogens with one attached hydrogen (secondary N) is 2. The van der Waals surface area contributed by atoms with Crippen LogP contribution in [0.3, 0.4) is 0 Å². The third kappa shape index (κ3) is 2.28. The number of rotatable bonds is 2. The first-order valence-corrected chi connectivity index (χ1v) is 9.03. The molecule has 1 saturated carbocycles. The summed E-state index contributed by atoms with van der Waals surface area (Å²) in [4.78, 5) is 29.5. The van der Waals surface area contributed by atoms with Gasteiger partial charge in [-0.25, -0.2) is 9.97 Å². The summed E-state index contributed by atoms with van der Waals surface area (Å²) in [6, 6.07) is 2.02. The van der Waals surface area contributed by atoms with Crippen LogP contribution in [-0.4, -0.2) is 61.1 Å². The van der Waals surface area contributed by atoms with Crippen LogP contribution < -0.4 is 4.90 Å². The average Bonchev–Trinajstić information content (AvgIpc) is 3.09. The molecule has 3 aromatic heterocycles. The Morgan fingerprint density at radius 1 is 1.27 bits per heavy atom. The van der Waals surface area contributed by atoms with E-state index in [1.54, 1.807) is 12.5 Å². The van der Waals surface area contributed by atoms with Crippen molar-refractivity contribution in [3.63, 3.8) is 0 Å². The minimum Gasteiger partial charge on any atom is -0.354 e. The van der Waals surface area contributed by atoms with Crippen LogP contribution in [0.1, 0.15) is 35.3 Å². The van der Waals surface area contributed by atoms with E-state index in [0.717, 1.165) is 61.4 Å². The van der Waals surface area contributed by atoms with Crippen LogP contribution in [0.4, 0.5) is 5.82 Å². The molecule has 26 heavy (non-hydrogen) atoms. The Morgan fingerprint density at radius 2 is 2.15 bits per heavy atom. The quantitative estimate of drug-likeness (QED) is 0.735. The Morgan fingerprint density at radius 3 is 2.92 bits per heavy atom. The summed E-state index contributed by atoms with van der Waals surface area (Å²) in [5, 5.41) is 7.93. The monoisotopic (exact) mass is 351 g/mol. The molecule has 1 amide bonds. The third-order valence-corrected chi connectivity index (χ3v) is 5.63. The molecule has 5 rings (SSSR count). The standard InChI is InChI=1S/C18H21N7O/c1-12-14(9-22-23-12)17(26)25-8-2-7-24(10-18(25)4-5-18)16-13-3-6-19-15(13)20-11-21-16/h3,6,9,11H,2,4-5,7-8,10H2,1H3,(H,22,23)(H,19,20,21). The Bertz CT molecular complexity index is 971. The van der Waals surface area contributed by atoms with Gasteiger partial charge in [-0.15, -0.1) is 0 Å². The van der Waals surface area contributed by atoms with Crippen molar-refractivity contribution in [2.75, 3.05) is 24.5 Å². The zero-order chi connectivity index (χ0) is 17.7. The van der Waals surface area contributed by atoms with Crippen molar-refractivity contribution in [1.82, 2.24) is 30.0 Å². The summed E-state index contributed by atoms with van der Waals surface area (Å²) in [7, 11) is 0. The molecule has 134 valence electrons. The Labute approximate surface area is 150 Å². The predicted molar refractivity (Wildman–Crippen MR) is 97.0 cm³/mol. The molecule has 1 aliphatic heterocycles. The van der Waals surface area contributed by atoms with Crippen molar-refractivity contribution in [1.29, 1.82) is 0 Å². The SMILES string of the molecule is Cc1[nH]ncc1C(=O)N1CCCN(c2ncnc3[nH]ccc23)CC12CC2. The first-order chi connectivity index (χ1) is 12.7. The minimum absolute atomic E-state index is 0.0880. The lowest BCUT2D eigenvalue weighted by molar-refractivity contribution is 0.0669. The third-order valence-electron chi connectivity index (χ3n) is 5.63. The number of carbonyl (C=O) groups is 1. The van der Waals surface area contributed by atoms with Gasteiger partial charge >= 0.3 is 0 Å². The van der Waals surface area contributed by atoms with Gasteiger partial charge < -0.3 is 14.8 Å². The van der Waals surface area contributed by atoms with Crippen LogP contribution in [-0.2, 0) is 0 Å². The van der Waals surface area contributed by atoms with Gasteiger partial charge in [0.25, 0.3) is 5.91 Å². The zero-order valence-electron chi connectivity index (χ0n) is 14.7. The number of hydrogen-bond donors (Lipinski definition) is 2. The van der Waals surface area contributed by atoms with Gasteiger partial charge in [0, 0.05) is 31.5 Å². The molecule has 2 N–H and O–H groups in total. The summed E-state index contributed by atoms with van der Waals surface area (Å²) in [5.74, 6) is 1.04. The van der Waals surface area contributed by atoms with E-state index in [1.165, 1.54) is 0 Å². The van der Waals surface area contributed by atoms with Gasteiger partial charge in [0.2, 0.25) is 0 Å². The number of amides is 1. The Hall–Kier alpha value is -2.90. The van der Waals surface area contributed by atoms with Crippen molar-refractivity contribution in [2.45, 2.75) is 31.7 Å². The van der Waals surface area contributed by atoms with Gasteiger partial charge in [0.15, 0.2) is 0 Å². The molecule has 8 heteroatoms. The number of aryl methyl sites for hydroxylation is 1. The second-order valence-corrected chi connectivity index (χ2v) is 7.30. The minimum atomic E-state index is -0.0924. The van der Waals surface area contributed by atoms with Crippen LogP contribution >= 0.6 is 0 Å². The fraction of sp³-hybridized carbons (Fsp3) is 0.444. The van der Waals surface area contributed by atoms with Crippen molar-refractivity contribution in [3.05, 3.63) is 36.0 Å². The number of hydrogen-bond acceptors (Lipinski definition) is 5. The number of carbonyl (C=O) groups excluding carboxylic acids is 1. The lowest BCUT2D eigenvalue weighted by atomic mass is 10.1. The smallest absolute Gasteiger partial charge is 0.257 e. The van der Waals surface area contributed by atoms with E-state index in [4.69, 9.17) is 0 Å².